The third-order valence-electron chi connectivity index (χ3n) is 6.32. The summed E-state index contributed by atoms with van der Waals surface area (Å²) in [7, 11) is -4.67. The number of aromatic nitrogens is 1. The lowest BCUT2D eigenvalue weighted by Gasteiger charge is -2.36. The molecular weight excluding hydrogens is 458 g/mol. The Labute approximate surface area is 200 Å². The Morgan fingerprint density at radius 3 is 2.26 bits per heavy atom. The molecule has 0 amide bonds. The Bertz CT molecular complexity index is 1190. The van der Waals surface area contributed by atoms with Gasteiger partial charge < -0.3 is 9.88 Å². The van der Waals surface area contributed by atoms with E-state index in [1.807, 2.05) is 6.07 Å². The highest BCUT2D eigenvalue weighted by atomic mass is 32.3. The molecule has 2 heterocycles. The molecule has 1 fully saturated rings. The molecule has 0 bridgehead atoms. The smallest absolute Gasteiger partial charge is 0.369 e. The SMILES string of the molecule is Cc1ccccc1N1CCN(CCc2cc3c([nH]c2=O)CC(C)(C)CC3=O)CC1.O=S(=O)(O)O. The molecule has 0 spiro atoms. The Hall–Kier alpha value is -2.53. The van der Waals surface area contributed by atoms with Gasteiger partial charge in [-0.25, -0.2) is 0 Å². The van der Waals surface area contributed by atoms with Crippen LogP contribution in [0.1, 0.15) is 47.4 Å². The number of benzene rings is 1. The molecule has 0 unspecified atom stereocenters. The molecule has 4 rings (SSSR count). The molecule has 1 saturated heterocycles. The quantitative estimate of drug-likeness (QED) is 0.556. The van der Waals surface area contributed by atoms with Crippen molar-refractivity contribution in [1.82, 2.24) is 9.88 Å². The molecule has 1 aromatic carbocycles. The number of fused-ring (bicyclic) bond motifs is 1. The highest BCUT2D eigenvalue weighted by Crippen LogP contribution is 2.33. The van der Waals surface area contributed by atoms with Gasteiger partial charge in [-0.1, -0.05) is 32.0 Å². The zero-order valence-electron chi connectivity index (χ0n) is 19.9. The number of aryl methyl sites for hydroxylation is 1. The van der Waals surface area contributed by atoms with Crippen LogP contribution < -0.4 is 10.5 Å². The highest BCUT2D eigenvalue weighted by Gasteiger charge is 2.32. The van der Waals surface area contributed by atoms with Crippen LogP contribution in [0.5, 0.6) is 0 Å². The van der Waals surface area contributed by atoms with Gasteiger partial charge in [0.15, 0.2) is 5.78 Å². The Balaban J connectivity index is 0.000000588. The van der Waals surface area contributed by atoms with Crippen LogP contribution in [0.2, 0.25) is 0 Å². The average Bonchev–Trinajstić information content (AvgIpc) is 2.71. The number of carbonyl (C=O) groups excluding carboxylic acids is 1. The van der Waals surface area contributed by atoms with Crippen molar-refractivity contribution in [3.63, 3.8) is 0 Å². The van der Waals surface area contributed by atoms with Crippen molar-refractivity contribution in [2.45, 2.75) is 40.0 Å². The van der Waals surface area contributed by atoms with Gasteiger partial charge in [-0.3, -0.25) is 23.6 Å². The fraction of sp³-hybridized carbons (Fsp3) is 0.500. The summed E-state index contributed by atoms with van der Waals surface area (Å²) in [5.41, 5.74) is 4.79. The summed E-state index contributed by atoms with van der Waals surface area (Å²) in [6, 6.07) is 10.4. The van der Waals surface area contributed by atoms with E-state index in [-0.39, 0.29) is 16.8 Å². The predicted molar refractivity (Wildman–Crippen MR) is 131 cm³/mol. The number of carbonyl (C=O) groups is 1. The molecule has 186 valence electrons. The second-order valence-corrected chi connectivity index (χ2v) is 10.7. The minimum Gasteiger partial charge on any atom is -0.369 e. The van der Waals surface area contributed by atoms with E-state index in [9.17, 15) is 9.59 Å². The van der Waals surface area contributed by atoms with Crippen LogP contribution in [0.4, 0.5) is 5.69 Å². The Morgan fingerprint density at radius 1 is 1.03 bits per heavy atom. The molecule has 2 aromatic rings. The largest absolute Gasteiger partial charge is 0.394 e. The molecular formula is C24H33N3O6S. The summed E-state index contributed by atoms with van der Waals surface area (Å²) in [4.78, 5) is 33.0. The molecule has 1 aliphatic heterocycles. The van der Waals surface area contributed by atoms with E-state index < -0.39 is 10.4 Å². The zero-order valence-corrected chi connectivity index (χ0v) is 20.7. The van der Waals surface area contributed by atoms with Gasteiger partial charge in [0.25, 0.3) is 5.56 Å². The Morgan fingerprint density at radius 2 is 1.65 bits per heavy atom. The van der Waals surface area contributed by atoms with Crippen molar-refractivity contribution >= 4 is 21.9 Å². The van der Waals surface area contributed by atoms with Crippen LogP contribution in [0.15, 0.2) is 35.1 Å². The first-order valence-corrected chi connectivity index (χ1v) is 12.7. The number of para-hydroxylation sites is 1. The van der Waals surface area contributed by atoms with E-state index in [2.05, 4.69) is 59.8 Å². The number of hydrogen-bond acceptors (Lipinski definition) is 6. The van der Waals surface area contributed by atoms with E-state index in [1.165, 1.54) is 11.3 Å². The molecule has 9 nitrogen and oxygen atoms in total. The third-order valence-corrected chi connectivity index (χ3v) is 6.32. The van der Waals surface area contributed by atoms with Gasteiger partial charge in [0.2, 0.25) is 0 Å². The number of nitrogens with one attached hydrogen (secondary N) is 1. The van der Waals surface area contributed by atoms with Crippen LogP contribution in [-0.2, 0) is 23.2 Å². The summed E-state index contributed by atoms with van der Waals surface area (Å²) in [5.74, 6) is 0.153. The van der Waals surface area contributed by atoms with E-state index in [0.717, 1.165) is 56.0 Å². The van der Waals surface area contributed by atoms with E-state index in [4.69, 9.17) is 17.5 Å². The van der Waals surface area contributed by atoms with E-state index in [0.29, 0.717) is 12.8 Å². The standard InChI is InChI=1S/C24H31N3O2.H2O4S/c1-17-6-4-5-7-21(17)27-12-10-26(11-13-27)9-8-18-14-19-20(25-23(18)29)15-24(2,3)16-22(19)28;1-5(2,3)4/h4-7,14H,8-13,15-16H2,1-3H3,(H,25,29);(H2,1,2,3,4). The molecule has 2 aliphatic rings. The molecule has 0 saturated carbocycles. The number of H-pyrrole nitrogens is 1. The van der Waals surface area contributed by atoms with Gasteiger partial charge >= 0.3 is 10.4 Å². The second-order valence-electron chi connectivity index (χ2n) is 9.77. The molecule has 1 aliphatic carbocycles. The predicted octanol–water partition coefficient (Wildman–Crippen LogP) is 2.55. The first-order valence-electron chi connectivity index (χ1n) is 11.3. The maximum Gasteiger partial charge on any atom is 0.394 e. The maximum absolute atomic E-state index is 12.6. The number of aromatic amines is 1. The number of rotatable bonds is 4. The average molecular weight is 492 g/mol. The van der Waals surface area contributed by atoms with Crippen LogP contribution in [0, 0.1) is 12.3 Å². The topological polar surface area (TPSA) is 131 Å². The summed E-state index contributed by atoms with van der Waals surface area (Å²) in [6.07, 6.45) is 1.99. The van der Waals surface area contributed by atoms with Crippen LogP contribution in [0.25, 0.3) is 0 Å². The van der Waals surface area contributed by atoms with Crippen molar-refractivity contribution in [1.29, 1.82) is 0 Å². The normalized spacial score (nSPS) is 18.1. The molecule has 1 aromatic heterocycles. The molecule has 3 N–H and O–H groups in total. The fourth-order valence-electron chi connectivity index (χ4n) is 4.67. The van der Waals surface area contributed by atoms with Crippen molar-refractivity contribution in [3.8, 4) is 0 Å². The fourth-order valence-corrected chi connectivity index (χ4v) is 4.67. The second kappa shape index (κ2) is 10.4. The van der Waals surface area contributed by atoms with Crippen molar-refractivity contribution in [2.24, 2.45) is 5.41 Å². The van der Waals surface area contributed by atoms with E-state index >= 15 is 0 Å². The summed E-state index contributed by atoms with van der Waals surface area (Å²) in [6.45, 7) is 11.1. The molecule has 34 heavy (non-hydrogen) atoms. The van der Waals surface area contributed by atoms with Crippen molar-refractivity contribution < 1.29 is 22.3 Å². The van der Waals surface area contributed by atoms with Gasteiger partial charge in [-0.2, -0.15) is 8.42 Å². The number of Topliss-reactive ketones (excluding diaryl/α,β-unsaturated/α-hetero) is 1. The van der Waals surface area contributed by atoms with Gasteiger partial charge in [0.05, 0.1) is 0 Å². The third kappa shape index (κ3) is 7.23. The van der Waals surface area contributed by atoms with Crippen LogP contribution >= 0.6 is 0 Å². The molecule has 10 heteroatoms. The summed E-state index contributed by atoms with van der Waals surface area (Å²) < 4.78 is 31.6. The minimum absolute atomic E-state index is 0.0344. The van der Waals surface area contributed by atoms with Gasteiger partial charge in [-0.15, -0.1) is 0 Å². The van der Waals surface area contributed by atoms with Crippen LogP contribution in [-0.4, -0.2) is 65.9 Å². The first kappa shape index (κ1) is 26.1. The van der Waals surface area contributed by atoms with E-state index in [1.54, 1.807) is 0 Å². The van der Waals surface area contributed by atoms with Gasteiger partial charge in [-0.05, 0) is 42.9 Å². The number of ketones is 1. The number of anilines is 1. The lowest BCUT2D eigenvalue weighted by atomic mass is 9.75. The highest BCUT2D eigenvalue weighted by molar-refractivity contribution is 7.79. The first-order chi connectivity index (χ1) is 15.8. The minimum atomic E-state index is -4.67. The van der Waals surface area contributed by atoms with Crippen molar-refractivity contribution in [2.75, 3.05) is 37.6 Å². The maximum atomic E-state index is 12.6. The van der Waals surface area contributed by atoms with Gasteiger partial charge in [0, 0.05) is 61.7 Å². The monoisotopic (exact) mass is 491 g/mol. The lowest BCUT2D eigenvalue weighted by molar-refractivity contribution is 0.0910. The summed E-state index contributed by atoms with van der Waals surface area (Å²) in [5, 5.41) is 0. The van der Waals surface area contributed by atoms with Crippen molar-refractivity contribution in [3.05, 3.63) is 63.1 Å². The Kier molecular flexibility index (Phi) is 7.97. The number of piperazine rings is 1. The van der Waals surface area contributed by atoms with Gasteiger partial charge in [0.1, 0.15) is 0 Å². The molecule has 0 atom stereocenters. The van der Waals surface area contributed by atoms with Crippen LogP contribution in [0.3, 0.4) is 0 Å². The number of pyridine rings is 1. The lowest BCUT2D eigenvalue weighted by Crippen LogP contribution is -2.47. The number of hydrogen-bond donors (Lipinski definition) is 3. The number of nitrogens with zero attached hydrogens (tertiary/aromatic N) is 2. The zero-order chi connectivity index (χ0) is 25.1. The summed E-state index contributed by atoms with van der Waals surface area (Å²) >= 11 is 0. The molecule has 0 radical (unpaired) electrons.